The monoisotopic (exact) mass is 379 g/mol. The van der Waals surface area contributed by atoms with Crippen LogP contribution < -0.4 is 14.8 Å². The topological polar surface area (TPSA) is 85.0 Å². The molecule has 0 fully saturated rings. The number of pyridine rings is 1. The molecule has 1 atom stereocenters. The van der Waals surface area contributed by atoms with E-state index in [1.165, 1.54) is 5.56 Å². The number of methoxy groups -OCH3 is 2. The number of fused-ring (bicyclic) bond motifs is 1. The van der Waals surface area contributed by atoms with Crippen molar-refractivity contribution in [3.05, 3.63) is 40.8 Å². The smallest absolute Gasteiger partial charge is 0.148 e. The Kier molecular flexibility index (Phi) is 5.41. The standard InChI is InChI=1S/C21H25N5O2/c1-12(7-17-13(2)25-26(4)14(17)3)24-20-15(10-22)11-23-21-18(20)8-16(27-5)9-19(21)28-6/h8-9,11-12H,7H2,1-6H3,(H,23,24)/t12-/m1/s1. The molecule has 3 rings (SSSR count). The number of hydrogen-bond acceptors (Lipinski definition) is 6. The van der Waals surface area contributed by atoms with Gasteiger partial charge in [0.25, 0.3) is 0 Å². The van der Waals surface area contributed by atoms with Gasteiger partial charge in [-0.05, 0) is 38.8 Å². The summed E-state index contributed by atoms with van der Waals surface area (Å²) in [7, 11) is 5.15. The molecule has 7 nitrogen and oxygen atoms in total. The van der Waals surface area contributed by atoms with Crippen LogP contribution in [-0.4, -0.2) is 35.0 Å². The summed E-state index contributed by atoms with van der Waals surface area (Å²) < 4.78 is 12.8. The Morgan fingerprint density at radius 3 is 2.57 bits per heavy atom. The zero-order chi connectivity index (χ0) is 20.4. The van der Waals surface area contributed by atoms with Crippen molar-refractivity contribution in [1.82, 2.24) is 14.8 Å². The average molecular weight is 379 g/mol. The Labute approximate surface area is 164 Å². The fraction of sp³-hybridized carbons (Fsp3) is 0.381. The third-order valence-corrected chi connectivity index (χ3v) is 5.05. The molecule has 0 aliphatic carbocycles. The van der Waals surface area contributed by atoms with Crippen LogP contribution in [0.3, 0.4) is 0 Å². The van der Waals surface area contributed by atoms with Crippen LogP contribution in [0.5, 0.6) is 11.5 Å². The molecule has 1 N–H and O–H groups in total. The summed E-state index contributed by atoms with van der Waals surface area (Å²) >= 11 is 0. The first-order chi connectivity index (χ1) is 13.4. The molecule has 0 bridgehead atoms. The van der Waals surface area contributed by atoms with E-state index in [0.29, 0.717) is 22.6 Å². The lowest BCUT2D eigenvalue weighted by Gasteiger charge is -2.19. The van der Waals surface area contributed by atoms with Gasteiger partial charge in [0.1, 0.15) is 23.1 Å². The fourth-order valence-corrected chi connectivity index (χ4v) is 3.48. The highest BCUT2D eigenvalue weighted by atomic mass is 16.5. The maximum absolute atomic E-state index is 9.62. The van der Waals surface area contributed by atoms with Gasteiger partial charge in [-0.3, -0.25) is 9.67 Å². The van der Waals surface area contributed by atoms with Crippen molar-refractivity contribution >= 4 is 16.6 Å². The number of aromatic nitrogens is 3. The highest BCUT2D eigenvalue weighted by Gasteiger charge is 2.18. The Morgan fingerprint density at radius 1 is 1.25 bits per heavy atom. The first-order valence-corrected chi connectivity index (χ1v) is 9.10. The van der Waals surface area contributed by atoms with Gasteiger partial charge >= 0.3 is 0 Å². The van der Waals surface area contributed by atoms with Crippen molar-refractivity contribution in [3.63, 3.8) is 0 Å². The van der Waals surface area contributed by atoms with E-state index in [9.17, 15) is 5.26 Å². The molecular formula is C21H25N5O2. The van der Waals surface area contributed by atoms with Gasteiger partial charge in [0.2, 0.25) is 0 Å². The third-order valence-electron chi connectivity index (χ3n) is 5.05. The van der Waals surface area contributed by atoms with Crippen molar-refractivity contribution in [2.45, 2.75) is 33.2 Å². The number of nitriles is 1. The summed E-state index contributed by atoms with van der Waals surface area (Å²) in [5.41, 5.74) is 5.29. The SMILES string of the molecule is COc1cc(OC)c2ncc(C#N)c(N[C@H](C)Cc3c(C)nn(C)c3C)c2c1. The Balaban J connectivity index is 2.04. The number of nitrogens with one attached hydrogen (secondary N) is 1. The minimum atomic E-state index is 0.0801. The number of rotatable bonds is 6. The molecule has 2 heterocycles. The number of benzene rings is 1. The first-order valence-electron chi connectivity index (χ1n) is 9.10. The van der Waals surface area contributed by atoms with Crippen molar-refractivity contribution in [1.29, 1.82) is 5.26 Å². The normalized spacial score (nSPS) is 11.9. The number of hydrogen-bond donors (Lipinski definition) is 1. The average Bonchev–Trinajstić information content (AvgIpc) is 2.93. The second-order valence-electron chi connectivity index (χ2n) is 6.91. The number of nitrogens with zero attached hydrogens (tertiary/aromatic N) is 4. The zero-order valence-corrected chi connectivity index (χ0v) is 17.1. The maximum Gasteiger partial charge on any atom is 0.148 e. The van der Waals surface area contributed by atoms with Crippen LogP contribution in [0, 0.1) is 25.2 Å². The molecule has 0 aliphatic heterocycles. The molecule has 1 aromatic carbocycles. The highest BCUT2D eigenvalue weighted by molar-refractivity contribution is 5.98. The molecular weight excluding hydrogens is 354 g/mol. The Hall–Kier alpha value is -3.27. The van der Waals surface area contributed by atoms with Crippen molar-refractivity contribution < 1.29 is 9.47 Å². The molecule has 3 aromatic rings. The first kappa shape index (κ1) is 19.5. The minimum Gasteiger partial charge on any atom is -0.497 e. The van der Waals surface area contributed by atoms with Gasteiger partial charge in [-0.25, -0.2) is 0 Å². The van der Waals surface area contributed by atoms with Crippen LogP contribution in [0.1, 0.15) is 29.4 Å². The molecule has 0 radical (unpaired) electrons. The van der Waals surface area contributed by atoms with E-state index in [0.717, 1.165) is 28.9 Å². The molecule has 2 aromatic heterocycles. The van der Waals surface area contributed by atoms with Gasteiger partial charge in [0.05, 0.1) is 31.2 Å². The zero-order valence-electron chi connectivity index (χ0n) is 17.1. The van der Waals surface area contributed by atoms with E-state index in [2.05, 4.69) is 35.3 Å². The lowest BCUT2D eigenvalue weighted by Crippen LogP contribution is -2.20. The minimum absolute atomic E-state index is 0.0801. The predicted octanol–water partition coefficient (Wildman–Crippen LogP) is 3.52. The van der Waals surface area contributed by atoms with Gasteiger partial charge in [0, 0.05) is 36.4 Å². The fourth-order valence-electron chi connectivity index (χ4n) is 3.48. The number of anilines is 1. The van der Waals surface area contributed by atoms with Gasteiger partial charge in [0.15, 0.2) is 0 Å². The van der Waals surface area contributed by atoms with E-state index >= 15 is 0 Å². The molecule has 7 heteroatoms. The summed E-state index contributed by atoms with van der Waals surface area (Å²) in [5.74, 6) is 1.25. The summed E-state index contributed by atoms with van der Waals surface area (Å²) in [6, 6.07) is 5.98. The predicted molar refractivity (Wildman–Crippen MR) is 109 cm³/mol. The lowest BCUT2D eigenvalue weighted by molar-refractivity contribution is 0.397. The summed E-state index contributed by atoms with van der Waals surface area (Å²) in [6.45, 7) is 6.18. The molecule has 146 valence electrons. The highest BCUT2D eigenvalue weighted by Crippen LogP contribution is 2.36. The second-order valence-corrected chi connectivity index (χ2v) is 6.91. The molecule has 28 heavy (non-hydrogen) atoms. The van der Waals surface area contributed by atoms with E-state index in [1.54, 1.807) is 26.5 Å². The largest absolute Gasteiger partial charge is 0.497 e. The second kappa shape index (κ2) is 7.77. The van der Waals surface area contributed by atoms with E-state index in [-0.39, 0.29) is 6.04 Å². The van der Waals surface area contributed by atoms with Gasteiger partial charge in [-0.15, -0.1) is 0 Å². The van der Waals surface area contributed by atoms with Crippen LogP contribution in [0.2, 0.25) is 0 Å². The van der Waals surface area contributed by atoms with Crippen LogP contribution >= 0.6 is 0 Å². The quantitative estimate of drug-likeness (QED) is 0.705. The van der Waals surface area contributed by atoms with Gasteiger partial charge in [-0.2, -0.15) is 10.4 Å². The van der Waals surface area contributed by atoms with Crippen LogP contribution in [0.25, 0.3) is 10.9 Å². The van der Waals surface area contributed by atoms with Crippen LogP contribution in [0.4, 0.5) is 5.69 Å². The van der Waals surface area contributed by atoms with Crippen LogP contribution in [-0.2, 0) is 13.5 Å². The molecule has 0 saturated heterocycles. The summed E-state index contributed by atoms with van der Waals surface area (Å²) in [6.07, 6.45) is 2.37. The summed E-state index contributed by atoms with van der Waals surface area (Å²) in [4.78, 5) is 4.43. The molecule has 0 amide bonds. The molecule has 0 spiro atoms. The molecule has 0 aliphatic rings. The van der Waals surface area contributed by atoms with E-state index < -0.39 is 0 Å². The number of ether oxygens (including phenoxy) is 2. The van der Waals surface area contributed by atoms with Gasteiger partial charge < -0.3 is 14.8 Å². The van der Waals surface area contributed by atoms with Crippen LogP contribution in [0.15, 0.2) is 18.3 Å². The Bertz CT molecular complexity index is 1070. The summed E-state index contributed by atoms with van der Waals surface area (Å²) in [5, 5.41) is 18.4. The third kappa shape index (κ3) is 3.46. The van der Waals surface area contributed by atoms with Gasteiger partial charge in [-0.1, -0.05) is 0 Å². The van der Waals surface area contributed by atoms with Crippen molar-refractivity contribution in [2.75, 3.05) is 19.5 Å². The van der Waals surface area contributed by atoms with Crippen molar-refractivity contribution in [2.24, 2.45) is 7.05 Å². The van der Waals surface area contributed by atoms with E-state index in [4.69, 9.17) is 9.47 Å². The Morgan fingerprint density at radius 2 is 2.00 bits per heavy atom. The maximum atomic E-state index is 9.62. The molecule has 0 unspecified atom stereocenters. The van der Waals surface area contributed by atoms with E-state index in [1.807, 2.05) is 24.7 Å². The number of aryl methyl sites for hydroxylation is 2. The lowest BCUT2D eigenvalue weighted by atomic mass is 10.0. The van der Waals surface area contributed by atoms with Crippen molar-refractivity contribution in [3.8, 4) is 17.6 Å². The molecule has 0 saturated carbocycles.